The number of hydrogen-bond acceptors (Lipinski definition) is 3. The van der Waals surface area contributed by atoms with Crippen molar-refractivity contribution in [3.8, 4) is 0 Å². The second-order valence-electron chi connectivity index (χ2n) is 7.07. The van der Waals surface area contributed by atoms with E-state index in [-0.39, 0.29) is 0 Å². The standard InChI is InChI=1S/C17H34N4O/c1-14-4-6-16(7-5-14)20-17(18-3)19-12-15(2)13-21-8-10-22-11-9-21/h14-16H,4-13H2,1-3H3,(H2,18,19,20). The van der Waals surface area contributed by atoms with Gasteiger partial charge in [0, 0.05) is 39.3 Å². The number of rotatable bonds is 5. The summed E-state index contributed by atoms with van der Waals surface area (Å²) >= 11 is 0. The highest BCUT2D eigenvalue weighted by Crippen LogP contribution is 2.23. The van der Waals surface area contributed by atoms with E-state index in [1.165, 1.54) is 25.7 Å². The molecule has 5 heteroatoms. The molecule has 5 nitrogen and oxygen atoms in total. The van der Waals surface area contributed by atoms with E-state index in [0.29, 0.717) is 12.0 Å². The monoisotopic (exact) mass is 310 g/mol. The minimum atomic E-state index is 0.594. The quantitative estimate of drug-likeness (QED) is 0.599. The molecule has 1 atom stereocenters. The molecule has 1 heterocycles. The van der Waals surface area contributed by atoms with Crippen LogP contribution in [-0.4, -0.2) is 63.3 Å². The predicted octanol–water partition coefficient (Wildman–Crippen LogP) is 1.70. The van der Waals surface area contributed by atoms with Crippen LogP contribution in [0.2, 0.25) is 0 Å². The molecule has 0 spiro atoms. The van der Waals surface area contributed by atoms with Crippen LogP contribution < -0.4 is 10.6 Å². The highest BCUT2D eigenvalue weighted by molar-refractivity contribution is 5.79. The first-order valence-corrected chi connectivity index (χ1v) is 8.94. The molecule has 2 rings (SSSR count). The molecule has 1 aliphatic carbocycles. The second-order valence-corrected chi connectivity index (χ2v) is 7.07. The van der Waals surface area contributed by atoms with Gasteiger partial charge in [-0.2, -0.15) is 0 Å². The Morgan fingerprint density at radius 1 is 1.23 bits per heavy atom. The molecule has 0 bridgehead atoms. The number of guanidine groups is 1. The molecule has 1 aliphatic heterocycles. The van der Waals surface area contributed by atoms with Gasteiger partial charge in [-0.1, -0.05) is 13.8 Å². The van der Waals surface area contributed by atoms with Crippen molar-refractivity contribution in [3.63, 3.8) is 0 Å². The number of hydrogen-bond donors (Lipinski definition) is 2. The molecule has 128 valence electrons. The first-order valence-electron chi connectivity index (χ1n) is 8.94. The molecular formula is C17H34N4O. The van der Waals surface area contributed by atoms with Gasteiger partial charge in [-0.3, -0.25) is 9.89 Å². The molecule has 2 fully saturated rings. The molecule has 1 saturated heterocycles. The van der Waals surface area contributed by atoms with Crippen molar-refractivity contribution in [1.29, 1.82) is 0 Å². The molecule has 0 aromatic carbocycles. The molecule has 0 amide bonds. The topological polar surface area (TPSA) is 48.9 Å². The first kappa shape index (κ1) is 17.5. The van der Waals surface area contributed by atoms with Crippen molar-refractivity contribution in [1.82, 2.24) is 15.5 Å². The highest BCUT2D eigenvalue weighted by Gasteiger charge is 2.19. The maximum absolute atomic E-state index is 5.40. The van der Waals surface area contributed by atoms with Crippen molar-refractivity contribution in [2.24, 2.45) is 16.8 Å². The van der Waals surface area contributed by atoms with Gasteiger partial charge in [0.2, 0.25) is 0 Å². The molecular weight excluding hydrogens is 276 g/mol. The maximum atomic E-state index is 5.40. The van der Waals surface area contributed by atoms with E-state index in [1.54, 1.807) is 0 Å². The SMILES string of the molecule is CN=C(NCC(C)CN1CCOCC1)NC1CCC(C)CC1. The Labute approximate surface area is 135 Å². The van der Waals surface area contributed by atoms with E-state index in [1.807, 2.05) is 7.05 Å². The Morgan fingerprint density at radius 3 is 2.55 bits per heavy atom. The van der Waals surface area contributed by atoms with Gasteiger partial charge >= 0.3 is 0 Å². The Kier molecular flexibility index (Phi) is 7.46. The normalized spacial score (nSPS) is 29.1. The molecule has 0 aromatic rings. The van der Waals surface area contributed by atoms with E-state index in [4.69, 9.17) is 4.74 Å². The summed E-state index contributed by atoms with van der Waals surface area (Å²) in [5, 5.41) is 7.09. The van der Waals surface area contributed by atoms with Crippen molar-refractivity contribution in [2.75, 3.05) is 46.4 Å². The van der Waals surface area contributed by atoms with Crippen molar-refractivity contribution < 1.29 is 4.74 Å². The second kappa shape index (κ2) is 9.36. The van der Waals surface area contributed by atoms with Crippen molar-refractivity contribution in [2.45, 2.75) is 45.6 Å². The van der Waals surface area contributed by atoms with Crippen LogP contribution in [0.25, 0.3) is 0 Å². The Hall–Kier alpha value is -0.810. The summed E-state index contributed by atoms with van der Waals surface area (Å²) in [6, 6.07) is 0.594. The summed E-state index contributed by atoms with van der Waals surface area (Å²) in [5.74, 6) is 2.47. The summed E-state index contributed by atoms with van der Waals surface area (Å²) in [6.07, 6.45) is 5.21. The number of ether oxygens (including phenoxy) is 1. The fourth-order valence-corrected chi connectivity index (χ4v) is 3.35. The molecule has 0 radical (unpaired) electrons. The van der Waals surface area contributed by atoms with Crippen LogP contribution in [0.15, 0.2) is 4.99 Å². The third-order valence-corrected chi connectivity index (χ3v) is 4.87. The van der Waals surface area contributed by atoms with Crippen LogP contribution in [-0.2, 0) is 4.74 Å². The number of nitrogens with one attached hydrogen (secondary N) is 2. The van der Waals surface area contributed by atoms with Gasteiger partial charge in [0.25, 0.3) is 0 Å². The lowest BCUT2D eigenvalue weighted by Crippen LogP contribution is -2.47. The van der Waals surface area contributed by atoms with Gasteiger partial charge < -0.3 is 15.4 Å². The summed E-state index contributed by atoms with van der Waals surface area (Å²) < 4.78 is 5.40. The van der Waals surface area contributed by atoms with Crippen molar-refractivity contribution in [3.05, 3.63) is 0 Å². The Bertz CT molecular complexity index is 334. The minimum absolute atomic E-state index is 0.594. The van der Waals surface area contributed by atoms with Gasteiger partial charge in [0.15, 0.2) is 5.96 Å². The van der Waals surface area contributed by atoms with Gasteiger partial charge in [-0.15, -0.1) is 0 Å². The highest BCUT2D eigenvalue weighted by atomic mass is 16.5. The number of morpholine rings is 1. The van der Waals surface area contributed by atoms with Crippen LogP contribution in [0.1, 0.15) is 39.5 Å². The maximum Gasteiger partial charge on any atom is 0.191 e. The summed E-state index contributed by atoms with van der Waals surface area (Å²) in [5.41, 5.74) is 0. The first-order chi connectivity index (χ1) is 10.7. The van der Waals surface area contributed by atoms with Gasteiger partial charge in [-0.25, -0.2) is 0 Å². The lowest BCUT2D eigenvalue weighted by atomic mass is 9.87. The van der Waals surface area contributed by atoms with Crippen LogP contribution in [0.3, 0.4) is 0 Å². The Morgan fingerprint density at radius 2 is 1.91 bits per heavy atom. The van der Waals surface area contributed by atoms with Crippen LogP contribution in [0.5, 0.6) is 0 Å². The molecule has 0 aromatic heterocycles. The van der Waals surface area contributed by atoms with Crippen LogP contribution in [0, 0.1) is 11.8 Å². The third-order valence-electron chi connectivity index (χ3n) is 4.87. The largest absolute Gasteiger partial charge is 0.379 e. The van der Waals surface area contributed by atoms with Crippen molar-refractivity contribution >= 4 is 5.96 Å². The molecule has 2 N–H and O–H groups in total. The summed E-state index contributed by atoms with van der Waals surface area (Å²) in [7, 11) is 1.87. The zero-order valence-corrected chi connectivity index (χ0v) is 14.6. The molecule has 2 aliphatic rings. The van der Waals surface area contributed by atoms with E-state index in [0.717, 1.165) is 51.3 Å². The lowest BCUT2D eigenvalue weighted by Gasteiger charge is -2.30. The number of aliphatic imine (C=N–C) groups is 1. The van der Waals surface area contributed by atoms with Gasteiger partial charge in [-0.05, 0) is 37.5 Å². The fourth-order valence-electron chi connectivity index (χ4n) is 3.35. The number of nitrogens with zero attached hydrogens (tertiary/aromatic N) is 2. The zero-order valence-electron chi connectivity index (χ0n) is 14.6. The summed E-state index contributed by atoms with van der Waals surface area (Å²) in [6.45, 7) is 10.7. The van der Waals surface area contributed by atoms with E-state index < -0.39 is 0 Å². The third kappa shape index (κ3) is 6.13. The van der Waals surface area contributed by atoms with Crippen LogP contribution in [0.4, 0.5) is 0 Å². The van der Waals surface area contributed by atoms with Crippen LogP contribution >= 0.6 is 0 Å². The Balaban J connectivity index is 1.64. The van der Waals surface area contributed by atoms with E-state index in [2.05, 4.69) is 34.4 Å². The fraction of sp³-hybridized carbons (Fsp3) is 0.941. The summed E-state index contributed by atoms with van der Waals surface area (Å²) in [4.78, 5) is 6.88. The molecule has 1 unspecified atom stereocenters. The minimum Gasteiger partial charge on any atom is -0.379 e. The smallest absolute Gasteiger partial charge is 0.191 e. The predicted molar refractivity (Wildman–Crippen MR) is 92.3 cm³/mol. The van der Waals surface area contributed by atoms with Gasteiger partial charge in [0.1, 0.15) is 0 Å². The average Bonchev–Trinajstić information content (AvgIpc) is 2.54. The lowest BCUT2D eigenvalue weighted by molar-refractivity contribution is 0.0320. The molecule has 1 saturated carbocycles. The zero-order chi connectivity index (χ0) is 15.8. The average molecular weight is 310 g/mol. The van der Waals surface area contributed by atoms with Gasteiger partial charge in [0.05, 0.1) is 13.2 Å². The van der Waals surface area contributed by atoms with E-state index >= 15 is 0 Å². The van der Waals surface area contributed by atoms with E-state index in [9.17, 15) is 0 Å². The molecule has 22 heavy (non-hydrogen) atoms.